The second-order valence-electron chi connectivity index (χ2n) is 10.5. The molecule has 0 aromatic heterocycles. The maximum Gasteiger partial charge on any atom is 0.345 e. The summed E-state index contributed by atoms with van der Waals surface area (Å²) in [5, 5.41) is 0. The predicted octanol–water partition coefficient (Wildman–Crippen LogP) is 5.19. The Morgan fingerprint density at radius 1 is 0.800 bits per heavy atom. The minimum absolute atomic E-state index is 0.100. The van der Waals surface area contributed by atoms with E-state index in [1.54, 1.807) is 23.1 Å². The summed E-state index contributed by atoms with van der Waals surface area (Å²) in [6.07, 6.45) is 1.76. The third-order valence-corrected chi connectivity index (χ3v) is 12.1. The summed E-state index contributed by atoms with van der Waals surface area (Å²) in [4.78, 5) is 69.4. The van der Waals surface area contributed by atoms with Crippen LogP contribution in [0.5, 0.6) is 5.75 Å². The van der Waals surface area contributed by atoms with Gasteiger partial charge in [0.25, 0.3) is 0 Å². The number of carbonyl (C=O) groups excluding carboxylic acids is 5. The number of amides is 1. The number of thioether (sulfide) groups is 3. The van der Waals surface area contributed by atoms with Crippen molar-refractivity contribution in [1.82, 2.24) is 0 Å². The first-order chi connectivity index (χ1) is 21.4. The van der Waals surface area contributed by atoms with Crippen LogP contribution in [-0.2, 0) is 42.9 Å². The van der Waals surface area contributed by atoms with E-state index >= 15 is 0 Å². The van der Waals surface area contributed by atoms with Crippen molar-refractivity contribution < 1.29 is 47.7 Å². The number of methoxy groups -OCH3 is 4. The Kier molecular flexibility index (Phi) is 10.4. The normalized spacial score (nSPS) is 17.9. The zero-order valence-electron chi connectivity index (χ0n) is 26.3. The van der Waals surface area contributed by atoms with E-state index < -0.39 is 33.5 Å². The van der Waals surface area contributed by atoms with Gasteiger partial charge >= 0.3 is 23.9 Å². The molecule has 0 N–H and O–H groups in total. The molecule has 0 saturated heterocycles. The predicted molar refractivity (Wildman–Crippen MR) is 173 cm³/mol. The number of ether oxygens (including phenoxy) is 5. The molecular formula is C31H35NO10S3. The van der Waals surface area contributed by atoms with E-state index in [1.165, 1.54) is 28.4 Å². The summed E-state index contributed by atoms with van der Waals surface area (Å²) >= 11 is 2.76. The fourth-order valence-corrected chi connectivity index (χ4v) is 10.5. The van der Waals surface area contributed by atoms with Gasteiger partial charge in [0.15, 0.2) is 0 Å². The number of rotatable bonds is 9. The zero-order chi connectivity index (χ0) is 33.3. The lowest BCUT2D eigenvalue weighted by molar-refractivity contribution is -0.138. The average molecular weight is 678 g/mol. The maximum atomic E-state index is 13.9. The molecule has 1 amide bonds. The van der Waals surface area contributed by atoms with Crippen LogP contribution < -0.4 is 9.64 Å². The molecule has 0 saturated carbocycles. The van der Waals surface area contributed by atoms with Crippen LogP contribution in [0.4, 0.5) is 5.69 Å². The first kappa shape index (κ1) is 34.5. The molecule has 1 aromatic carbocycles. The van der Waals surface area contributed by atoms with Crippen molar-refractivity contribution in [3.8, 4) is 5.75 Å². The molecule has 0 fully saturated rings. The van der Waals surface area contributed by atoms with Crippen LogP contribution in [0.15, 0.2) is 43.4 Å². The molecule has 3 aliphatic rings. The molecule has 0 aliphatic carbocycles. The first-order valence-corrected chi connectivity index (χ1v) is 16.6. The Bertz CT molecular complexity index is 1530. The van der Waals surface area contributed by atoms with Crippen LogP contribution in [0.2, 0.25) is 0 Å². The lowest BCUT2D eigenvalue weighted by atomic mass is 9.83. The zero-order valence-corrected chi connectivity index (χ0v) is 28.8. The number of esters is 4. The highest BCUT2D eigenvalue weighted by Gasteiger charge is 2.61. The van der Waals surface area contributed by atoms with E-state index in [0.717, 1.165) is 41.7 Å². The van der Waals surface area contributed by atoms with E-state index in [4.69, 9.17) is 23.7 Å². The van der Waals surface area contributed by atoms with Gasteiger partial charge in [-0.2, -0.15) is 0 Å². The van der Waals surface area contributed by atoms with Crippen molar-refractivity contribution in [2.45, 2.75) is 56.6 Å². The Labute approximate surface area is 274 Å². The minimum Gasteiger partial charge on any atom is -0.494 e. The van der Waals surface area contributed by atoms with Gasteiger partial charge < -0.3 is 28.6 Å². The van der Waals surface area contributed by atoms with Crippen molar-refractivity contribution in [3.63, 3.8) is 0 Å². The summed E-state index contributed by atoms with van der Waals surface area (Å²) in [5.41, 5.74) is 0.358. The van der Waals surface area contributed by atoms with E-state index in [0.29, 0.717) is 40.5 Å². The summed E-state index contributed by atoms with van der Waals surface area (Å²) in [7, 11) is 4.70. The largest absolute Gasteiger partial charge is 0.494 e. The van der Waals surface area contributed by atoms with Crippen LogP contribution in [0.1, 0.15) is 52.5 Å². The molecule has 14 heteroatoms. The van der Waals surface area contributed by atoms with Crippen LogP contribution in [0.25, 0.3) is 5.57 Å². The van der Waals surface area contributed by atoms with Crippen LogP contribution in [0, 0.1) is 0 Å². The van der Waals surface area contributed by atoms with Crippen LogP contribution in [-0.4, -0.2) is 74.4 Å². The first-order valence-electron chi connectivity index (χ1n) is 14.1. The monoisotopic (exact) mass is 677 g/mol. The molecule has 0 radical (unpaired) electrons. The minimum atomic E-state index is -1.65. The smallest absolute Gasteiger partial charge is 0.345 e. The molecule has 0 atom stereocenters. The second-order valence-corrected chi connectivity index (χ2v) is 14.2. The number of fused-ring (bicyclic) bond motifs is 3. The Balaban J connectivity index is 2.17. The molecule has 4 rings (SSSR count). The summed E-state index contributed by atoms with van der Waals surface area (Å²) in [5.74, 6) is -2.99. The molecule has 1 spiro atoms. The van der Waals surface area contributed by atoms with Gasteiger partial charge in [0, 0.05) is 22.5 Å². The Hall–Kier alpha value is -3.36. The van der Waals surface area contributed by atoms with Gasteiger partial charge in [0.2, 0.25) is 5.91 Å². The standard InChI is InChI=1S/C31H35NO10S3/c1-9-11-12-19(33)32-18-14-13-16(42-10-2)15-17(18)20-25(30(32,3)4)43-22(27(35)39-6)21(26(34)38-5)31(20)44-23(28(36)40-7)24(45-31)29(37)41-8/h13-15H,9-12H2,1-8H3. The average Bonchev–Trinajstić information content (AvgIpc) is 3.42. The van der Waals surface area contributed by atoms with Gasteiger partial charge in [-0.15, -0.1) is 0 Å². The number of carbonyl (C=O) groups is 5. The molecule has 45 heavy (non-hydrogen) atoms. The van der Waals surface area contributed by atoms with Gasteiger partial charge in [-0.1, -0.05) is 48.6 Å². The SMILES string of the molecule is CCCCC(=O)N1c2ccc(OCC)cc2C2=C(SC(C(=O)OC)=C(C(=O)OC)C23SC(C(=O)OC)=C(C(=O)OC)S3)C1(C)C. The number of nitrogens with zero attached hydrogens (tertiary/aromatic N) is 1. The van der Waals surface area contributed by atoms with Crippen molar-refractivity contribution in [1.29, 1.82) is 0 Å². The molecule has 0 bridgehead atoms. The fraction of sp³-hybridized carbons (Fsp3) is 0.452. The Morgan fingerprint density at radius 3 is 1.87 bits per heavy atom. The summed E-state index contributed by atoms with van der Waals surface area (Å²) < 4.78 is 24.6. The van der Waals surface area contributed by atoms with Crippen LogP contribution >= 0.6 is 35.3 Å². The molecule has 1 aromatic rings. The fourth-order valence-electron chi connectivity index (χ4n) is 5.44. The lowest BCUT2D eigenvalue weighted by Gasteiger charge is -2.50. The molecule has 3 aliphatic heterocycles. The van der Waals surface area contributed by atoms with Gasteiger partial charge in [-0.3, -0.25) is 4.79 Å². The van der Waals surface area contributed by atoms with Crippen molar-refractivity contribution in [2.24, 2.45) is 0 Å². The van der Waals surface area contributed by atoms with Crippen molar-refractivity contribution in [2.75, 3.05) is 39.9 Å². The van der Waals surface area contributed by atoms with Crippen molar-refractivity contribution in [3.05, 3.63) is 49.0 Å². The van der Waals surface area contributed by atoms with Gasteiger partial charge in [-0.25, -0.2) is 19.2 Å². The molecule has 0 unspecified atom stereocenters. The maximum absolute atomic E-state index is 13.9. The molecule has 3 heterocycles. The van der Waals surface area contributed by atoms with E-state index in [9.17, 15) is 24.0 Å². The van der Waals surface area contributed by atoms with E-state index in [2.05, 4.69) is 0 Å². The topological polar surface area (TPSA) is 135 Å². The number of hydrogen-bond donors (Lipinski definition) is 0. The molecular weight excluding hydrogens is 643 g/mol. The summed E-state index contributed by atoms with van der Waals surface area (Å²) in [6.45, 7) is 7.90. The van der Waals surface area contributed by atoms with Crippen molar-refractivity contribution >= 4 is 76.3 Å². The quantitative estimate of drug-likeness (QED) is 0.251. The molecule has 242 valence electrons. The number of unbranched alkanes of at least 4 members (excludes halogenated alkanes) is 1. The molecule has 11 nitrogen and oxygen atoms in total. The van der Waals surface area contributed by atoms with Gasteiger partial charge in [-0.05, 0) is 45.4 Å². The van der Waals surface area contributed by atoms with Crippen LogP contribution in [0.3, 0.4) is 0 Å². The van der Waals surface area contributed by atoms with Gasteiger partial charge in [0.1, 0.15) is 24.5 Å². The highest BCUT2D eigenvalue weighted by atomic mass is 32.2. The summed E-state index contributed by atoms with van der Waals surface area (Å²) in [6, 6.07) is 5.31. The third kappa shape index (κ3) is 5.76. The number of benzene rings is 1. The third-order valence-electron chi connectivity index (χ3n) is 7.41. The second kappa shape index (κ2) is 13.6. The number of anilines is 1. The highest BCUT2D eigenvalue weighted by molar-refractivity contribution is 8.26. The number of hydrogen-bond acceptors (Lipinski definition) is 13. The lowest BCUT2D eigenvalue weighted by Crippen LogP contribution is -2.53. The highest BCUT2D eigenvalue weighted by Crippen LogP contribution is 2.71. The Morgan fingerprint density at radius 2 is 1.36 bits per heavy atom. The van der Waals surface area contributed by atoms with E-state index in [-0.39, 0.29) is 32.6 Å². The van der Waals surface area contributed by atoms with E-state index in [1.807, 2.05) is 27.7 Å². The van der Waals surface area contributed by atoms with Gasteiger partial charge in [0.05, 0.1) is 51.8 Å².